The summed E-state index contributed by atoms with van der Waals surface area (Å²) in [5.41, 5.74) is 4.18. The van der Waals surface area contributed by atoms with Gasteiger partial charge >= 0.3 is 0 Å². The lowest BCUT2D eigenvalue weighted by molar-refractivity contribution is 0.121. The summed E-state index contributed by atoms with van der Waals surface area (Å²) < 4.78 is 5.83. The minimum Gasteiger partial charge on any atom is -0.489 e. The monoisotopic (exact) mass is 333 g/mol. The largest absolute Gasteiger partial charge is 0.489 e. The Bertz CT molecular complexity index is 701. The van der Waals surface area contributed by atoms with Crippen LogP contribution in [0.15, 0.2) is 60.2 Å². The SMILES string of the molecule is C(=C1\CCCCC1N1CCC1)/c1ccc(COc2ccccc2)cc1. The van der Waals surface area contributed by atoms with Crippen LogP contribution < -0.4 is 4.74 Å². The van der Waals surface area contributed by atoms with Crippen molar-refractivity contribution in [1.82, 2.24) is 4.90 Å². The molecule has 1 heterocycles. The van der Waals surface area contributed by atoms with E-state index in [1.165, 1.54) is 56.3 Å². The van der Waals surface area contributed by atoms with Crippen molar-refractivity contribution in [2.45, 2.75) is 44.8 Å². The Labute approximate surface area is 151 Å². The average molecular weight is 333 g/mol. The number of hydrogen-bond donors (Lipinski definition) is 0. The lowest BCUT2D eigenvalue weighted by Crippen LogP contribution is -2.46. The van der Waals surface area contributed by atoms with Crippen LogP contribution in [0.25, 0.3) is 6.08 Å². The van der Waals surface area contributed by atoms with Crippen LogP contribution in [0.2, 0.25) is 0 Å². The van der Waals surface area contributed by atoms with Gasteiger partial charge in [-0.05, 0) is 62.0 Å². The zero-order valence-corrected chi connectivity index (χ0v) is 14.9. The summed E-state index contributed by atoms with van der Waals surface area (Å²) in [7, 11) is 0. The second-order valence-corrected chi connectivity index (χ2v) is 7.21. The molecule has 25 heavy (non-hydrogen) atoms. The maximum absolute atomic E-state index is 5.83. The minimum atomic E-state index is 0.622. The molecule has 1 atom stereocenters. The van der Waals surface area contributed by atoms with Gasteiger partial charge < -0.3 is 4.74 Å². The van der Waals surface area contributed by atoms with E-state index in [1.54, 1.807) is 5.57 Å². The summed E-state index contributed by atoms with van der Waals surface area (Å²) in [4.78, 5) is 2.66. The molecule has 1 saturated heterocycles. The second-order valence-electron chi connectivity index (χ2n) is 7.21. The second kappa shape index (κ2) is 7.88. The molecule has 0 bridgehead atoms. The predicted octanol–water partition coefficient (Wildman–Crippen LogP) is 5.30. The van der Waals surface area contributed by atoms with Crippen molar-refractivity contribution >= 4 is 6.08 Å². The molecular weight excluding hydrogens is 306 g/mol. The van der Waals surface area contributed by atoms with E-state index in [2.05, 4.69) is 35.2 Å². The summed E-state index contributed by atoms with van der Waals surface area (Å²) in [6.45, 7) is 3.20. The van der Waals surface area contributed by atoms with E-state index >= 15 is 0 Å². The molecule has 4 rings (SSSR count). The molecule has 2 aliphatic rings. The van der Waals surface area contributed by atoms with Crippen LogP contribution in [0.5, 0.6) is 5.75 Å². The molecule has 0 N–H and O–H groups in total. The number of nitrogens with zero attached hydrogens (tertiary/aromatic N) is 1. The molecule has 2 aromatic carbocycles. The number of benzene rings is 2. The van der Waals surface area contributed by atoms with Gasteiger partial charge in [-0.1, -0.05) is 60.5 Å². The molecule has 1 aliphatic carbocycles. The molecule has 0 radical (unpaired) electrons. The van der Waals surface area contributed by atoms with Crippen LogP contribution in [-0.4, -0.2) is 24.0 Å². The molecule has 130 valence electrons. The summed E-state index contributed by atoms with van der Waals surface area (Å²) in [6.07, 6.45) is 9.15. The van der Waals surface area contributed by atoms with Gasteiger partial charge in [0, 0.05) is 6.04 Å². The van der Waals surface area contributed by atoms with Gasteiger partial charge in [-0.25, -0.2) is 0 Å². The maximum Gasteiger partial charge on any atom is 0.119 e. The molecule has 1 aliphatic heterocycles. The number of rotatable bonds is 5. The highest BCUT2D eigenvalue weighted by molar-refractivity contribution is 5.55. The van der Waals surface area contributed by atoms with Crippen molar-refractivity contribution in [2.24, 2.45) is 0 Å². The molecule has 2 aromatic rings. The van der Waals surface area contributed by atoms with E-state index in [9.17, 15) is 0 Å². The maximum atomic E-state index is 5.83. The zero-order chi connectivity index (χ0) is 16.9. The predicted molar refractivity (Wildman–Crippen MR) is 104 cm³/mol. The van der Waals surface area contributed by atoms with Gasteiger partial charge in [0.2, 0.25) is 0 Å². The molecule has 2 fully saturated rings. The Morgan fingerprint density at radius 1 is 0.920 bits per heavy atom. The molecule has 1 unspecified atom stereocenters. The van der Waals surface area contributed by atoms with Gasteiger partial charge in [-0.2, -0.15) is 0 Å². The van der Waals surface area contributed by atoms with Crippen molar-refractivity contribution in [3.63, 3.8) is 0 Å². The fourth-order valence-electron chi connectivity index (χ4n) is 3.86. The third kappa shape index (κ3) is 4.13. The lowest BCUT2D eigenvalue weighted by atomic mass is 9.86. The Morgan fingerprint density at radius 2 is 1.72 bits per heavy atom. The number of hydrogen-bond acceptors (Lipinski definition) is 2. The quantitative estimate of drug-likeness (QED) is 0.736. The fraction of sp³-hybridized carbons (Fsp3) is 0.391. The van der Waals surface area contributed by atoms with Crippen LogP contribution in [0, 0.1) is 0 Å². The fourth-order valence-corrected chi connectivity index (χ4v) is 3.86. The molecule has 2 heteroatoms. The highest BCUT2D eigenvalue weighted by atomic mass is 16.5. The molecule has 0 spiro atoms. The smallest absolute Gasteiger partial charge is 0.119 e. The standard InChI is InChI=1S/C23H27NO/c1-2-8-22(9-3-1)25-18-20-13-11-19(12-14-20)17-21-7-4-5-10-23(21)24-15-6-16-24/h1-3,8-9,11-14,17,23H,4-7,10,15-16,18H2/b21-17-. The highest BCUT2D eigenvalue weighted by Crippen LogP contribution is 2.32. The van der Waals surface area contributed by atoms with Gasteiger partial charge in [0.25, 0.3) is 0 Å². The van der Waals surface area contributed by atoms with Crippen LogP contribution in [0.1, 0.15) is 43.2 Å². The first-order valence-corrected chi connectivity index (χ1v) is 9.60. The number of likely N-dealkylation sites (tertiary alicyclic amines) is 1. The van der Waals surface area contributed by atoms with Gasteiger partial charge in [0.15, 0.2) is 0 Å². The molecule has 0 amide bonds. The topological polar surface area (TPSA) is 12.5 Å². The van der Waals surface area contributed by atoms with Crippen LogP contribution >= 0.6 is 0 Å². The van der Waals surface area contributed by atoms with Crippen molar-refractivity contribution in [3.05, 3.63) is 71.3 Å². The first-order valence-electron chi connectivity index (χ1n) is 9.60. The van der Waals surface area contributed by atoms with Gasteiger partial charge in [-0.15, -0.1) is 0 Å². The van der Waals surface area contributed by atoms with Gasteiger partial charge in [0.1, 0.15) is 12.4 Å². The first-order chi connectivity index (χ1) is 12.4. The van der Waals surface area contributed by atoms with Crippen molar-refractivity contribution < 1.29 is 4.74 Å². The van der Waals surface area contributed by atoms with Crippen LogP contribution in [0.3, 0.4) is 0 Å². The summed E-state index contributed by atoms with van der Waals surface area (Å²) in [6, 6.07) is 19.6. The Morgan fingerprint density at radius 3 is 2.44 bits per heavy atom. The minimum absolute atomic E-state index is 0.622. The summed E-state index contributed by atoms with van der Waals surface area (Å²) in [5.74, 6) is 0.924. The van der Waals surface area contributed by atoms with Crippen LogP contribution in [0.4, 0.5) is 0 Å². The van der Waals surface area contributed by atoms with Gasteiger partial charge in [-0.3, -0.25) is 4.90 Å². The molecule has 1 saturated carbocycles. The van der Waals surface area contributed by atoms with Gasteiger partial charge in [0.05, 0.1) is 0 Å². The Balaban J connectivity index is 1.40. The zero-order valence-electron chi connectivity index (χ0n) is 14.9. The summed E-state index contributed by atoms with van der Waals surface area (Å²) in [5, 5.41) is 0. The van der Waals surface area contributed by atoms with E-state index in [4.69, 9.17) is 4.74 Å². The average Bonchev–Trinajstić information content (AvgIpc) is 2.62. The van der Waals surface area contributed by atoms with E-state index in [0.29, 0.717) is 12.6 Å². The van der Waals surface area contributed by atoms with Crippen molar-refractivity contribution in [3.8, 4) is 5.75 Å². The van der Waals surface area contributed by atoms with E-state index in [1.807, 2.05) is 30.3 Å². The van der Waals surface area contributed by atoms with E-state index in [0.717, 1.165) is 5.75 Å². The third-order valence-electron chi connectivity index (χ3n) is 5.43. The van der Waals surface area contributed by atoms with Crippen molar-refractivity contribution in [1.29, 1.82) is 0 Å². The third-order valence-corrected chi connectivity index (χ3v) is 5.43. The van der Waals surface area contributed by atoms with E-state index < -0.39 is 0 Å². The molecular formula is C23H27NO. The lowest BCUT2D eigenvalue weighted by Gasteiger charge is -2.42. The van der Waals surface area contributed by atoms with Crippen LogP contribution in [-0.2, 0) is 6.61 Å². The molecule has 0 aromatic heterocycles. The highest BCUT2D eigenvalue weighted by Gasteiger charge is 2.28. The number of para-hydroxylation sites is 1. The Kier molecular flexibility index (Phi) is 5.17. The normalized spacial score (nSPS) is 22.6. The summed E-state index contributed by atoms with van der Waals surface area (Å²) >= 11 is 0. The first kappa shape index (κ1) is 16.4. The number of ether oxygens (including phenoxy) is 1. The van der Waals surface area contributed by atoms with Crippen molar-refractivity contribution in [2.75, 3.05) is 13.1 Å². The molecule has 2 nitrogen and oxygen atoms in total. The Hall–Kier alpha value is -2.06. The van der Waals surface area contributed by atoms with E-state index in [-0.39, 0.29) is 0 Å².